The smallest absolute Gasteiger partial charge is 0.331 e. The second kappa shape index (κ2) is 5.64. The van der Waals surface area contributed by atoms with Crippen molar-refractivity contribution in [3.63, 3.8) is 0 Å². The van der Waals surface area contributed by atoms with Gasteiger partial charge in [0.05, 0.1) is 0 Å². The maximum absolute atomic E-state index is 12.2. The lowest BCUT2D eigenvalue weighted by Crippen LogP contribution is -2.22. The average Bonchev–Trinajstić information content (AvgIpc) is 2.68. The molecular formula is C19H23NO2. The minimum absolute atomic E-state index is 0.249. The second-order valence-corrected chi connectivity index (χ2v) is 6.90. The number of allylic oxidation sites excluding steroid dienone is 1. The lowest BCUT2D eigenvalue weighted by Gasteiger charge is -2.18. The lowest BCUT2D eigenvalue weighted by molar-refractivity contribution is -0.148. The van der Waals surface area contributed by atoms with Crippen LogP contribution in [0.3, 0.4) is 0 Å². The van der Waals surface area contributed by atoms with Gasteiger partial charge >= 0.3 is 5.97 Å². The van der Waals surface area contributed by atoms with Gasteiger partial charge in [0.15, 0.2) is 0 Å². The summed E-state index contributed by atoms with van der Waals surface area (Å²) < 4.78 is 7.78. The summed E-state index contributed by atoms with van der Waals surface area (Å²) >= 11 is 0. The van der Waals surface area contributed by atoms with Crippen LogP contribution in [0.2, 0.25) is 0 Å². The Morgan fingerprint density at radius 1 is 1.23 bits per heavy atom. The van der Waals surface area contributed by atoms with Gasteiger partial charge in [-0.1, -0.05) is 18.2 Å². The standard InChI is InChI=1S/C19H23NO2/c1-19(2,3)22-18(21)13-15-9-6-7-11-20-16-10-5-4-8-14(16)12-17(15)20/h4-5,8,10,12-13H,6-7,9,11H2,1-3H3. The van der Waals surface area contributed by atoms with Crippen molar-refractivity contribution < 1.29 is 9.53 Å². The third-order valence-electron chi connectivity index (χ3n) is 3.92. The number of aromatic nitrogens is 1. The van der Waals surface area contributed by atoms with Crippen LogP contribution in [0.5, 0.6) is 0 Å². The molecule has 0 bridgehead atoms. The highest BCUT2D eigenvalue weighted by Crippen LogP contribution is 2.31. The van der Waals surface area contributed by atoms with Gasteiger partial charge in [-0.15, -0.1) is 0 Å². The molecule has 1 aromatic heterocycles. The van der Waals surface area contributed by atoms with Crippen LogP contribution in [0, 0.1) is 0 Å². The van der Waals surface area contributed by atoms with Gasteiger partial charge in [-0.25, -0.2) is 4.79 Å². The minimum atomic E-state index is -0.453. The van der Waals surface area contributed by atoms with E-state index in [4.69, 9.17) is 4.74 Å². The Labute approximate surface area is 131 Å². The molecule has 1 aliphatic rings. The van der Waals surface area contributed by atoms with E-state index in [0.717, 1.165) is 37.1 Å². The van der Waals surface area contributed by atoms with E-state index in [-0.39, 0.29) is 5.97 Å². The number of ether oxygens (including phenoxy) is 1. The molecule has 0 aliphatic carbocycles. The maximum atomic E-state index is 12.2. The van der Waals surface area contributed by atoms with E-state index in [9.17, 15) is 4.79 Å². The monoisotopic (exact) mass is 297 g/mol. The van der Waals surface area contributed by atoms with Gasteiger partial charge in [0.1, 0.15) is 5.60 Å². The first-order chi connectivity index (χ1) is 10.4. The van der Waals surface area contributed by atoms with E-state index in [1.165, 1.54) is 10.9 Å². The van der Waals surface area contributed by atoms with Crippen molar-refractivity contribution in [1.29, 1.82) is 0 Å². The number of esters is 1. The zero-order chi connectivity index (χ0) is 15.7. The predicted octanol–water partition coefficient (Wildman–Crippen LogP) is 4.55. The van der Waals surface area contributed by atoms with Crippen molar-refractivity contribution in [3.8, 4) is 0 Å². The normalized spacial score (nSPS) is 17.3. The number of rotatable bonds is 1. The first-order valence-corrected chi connectivity index (χ1v) is 7.96. The molecule has 0 amide bonds. The van der Waals surface area contributed by atoms with Crippen LogP contribution < -0.4 is 0 Å². The van der Waals surface area contributed by atoms with Crippen LogP contribution in [0.15, 0.2) is 36.4 Å². The summed E-state index contributed by atoms with van der Waals surface area (Å²) in [5.41, 5.74) is 3.04. The minimum Gasteiger partial charge on any atom is -0.457 e. The van der Waals surface area contributed by atoms with Gasteiger partial charge < -0.3 is 9.30 Å². The van der Waals surface area contributed by atoms with E-state index in [1.807, 2.05) is 20.8 Å². The van der Waals surface area contributed by atoms with Crippen molar-refractivity contribution in [3.05, 3.63) is 42.1 Å². The molecule has 0 spiro atoms. The molecule has 2 aromatic rings. The summed E-state index contributed by atoms with van der Waals surface area (Å²) in [6.07, 6.45) is 4.85. The quantitative estimate of drug-likeness (QED) is 0.571. The fourth-order valence-electron chi connectivity index (χ4n) is 3.05. The Morgan fingerprint density at radius 2 is 2.00 bits per heavy atom. The van der Waals surface area contributed by atoms with Crippen LogP contribution in [-0.2, 0) is 16.1 Å². The van der Waals surface area contributed by atoms with E-state index >= 15 is 0 Å². The number of fused-ring (bicyclic) bond motifs is 3. The summed E-state index contributed by atoms with van der Waals surface area (Å²) in [4.78, 5) is 12.2. The predicted molar refractivity (Wildman–Crippen MR) is 89.6 cm³/mol. The molecule has 0 N–H and O–H groups in total. The summed E-state index contributed by atoms with van der Waals surface area (Å²) in [5.74, 6) is -0.249. The van der Waals surface area contributed by atoms with Gasteiger partial charge in [0, 0.05) is 29.2 Å². The van der Waals surface area contributed by atoms with Gasteiger partial charge in [-0.3, -0.25) is 0 Å². The van der Waals surface area contributed by atoms with Crippen LogP contribution in [0.1, 0.15) is 45.7 Å². The van der Waals surface area contributed by atoms with Gasteiger partial charge in [0.2, 0.25) is 0 Å². The fraction of sp³-hybridized carbons (Fsp3) is 0.421. The molecule has 3 rings (SSSR count). The van der Waals surface area contributed by atoms with Crippen molar-refractivity contribution in [2.75, 3.05) is 0 Å². The Morgan fingerprint density at radius 3 is 2.77 bits per heavy atom. The SMILES string of the molecule is CC(C)(C)OC(=O)C=C1CCCCn2c1cc1ccccc12. The van der Waals surface area contributed by atoms with E-state index < -0.39 is 5.60 Å². The molecule has 0 saturated carbocycles. The molecule has 0 saturated heterocycles. The first-order valence-electron chi connectivity index (χ1n) is 7.96. The zero-order valence-corrected chi connectivity index (χ0v) is 13.6. The largest absolute Gasteiger partial charge is 0.457 e. The first kappa shape index (κ1) is 14.9. The number of hydrogen-bond acceptors (Lipinski definition) is 2. The number of hydrogen-bond donors (Lipinski definition) is 0. The van der Waals surface area contributed by atoms with Crippen molar-refractivity contribution in [2.24, 2.45) is 0 Å². The van der Waals surface area contributed by atoms with Crippen molar-refractivity contribution in [2.45, 2.75) is 52.2 Å². The van der Waals surface area contributed by atoms with Crippen molar-refractivity contribution >= 4 is 22.4 Å². The maximum Gasteiger partial charge on any atom is 0.331 e. The molecule has 1 aromatic carbocycles. The molecule has 3 heteroatoms. The van der Waals surface area contributed by atoms with Crippen LogP contribution in [0.4, 0.5) is 0 Å². The van der Waals surface area contributed by atoms with Gasteiger partial charge in [-0.2, -0.15) is 0 Å². The fourth-order valence-corrected chi connectivity index (χ4v) is 3.05. The number of benzene rings is 1. The molecule has 0 radical (unpaired) electrons. The Hall–Kier alpha value is -2.03. The molecule has 22 heavy (non-hydrogen) atoms. The van der Waals surface area contributed by atoms with Crippen molar-refractivity contribution in [1.82, 2.24) is 4.57 Å². The number of nitrogens with zero attached hydrogens (tertiary/aromatic N) is 1. The van der Waals surface area contributed by atoms with Crippen LogP contribution in [0.25, 0.3) is 16.5 Å². The van der Waals surface area contributed by atoms with Crippen LogP contribution >= 0.6 is 0 Å². The third kappa shape index (κ3) is 3.08. The molecule has 0 fully saturated rings. The van der Waals surface area contributed by atoms with E-state index in [2.05, 4.69) is 34.9 Å². The van der Waals surface area contributed by atoms with E-state index in [1.54, 1.807) is 6.08 Å². The molecule has 1 aliphatic heterocycles. The van der Waals surface area contributed by atoms with Gasteiger partial charge in [-0.05, 0) is 57.7 Å². The topological polar surface area (TPSA) is 31.2 Å². The summed E-state index contributed by atoms with van der Waals surface area (Å²) in [6.45, 7) is 6.70. The highest BCUT2D eigenvalue weighted by molar-refractivity contribution is 5.94. The lowest BCUT2D eigenvalue weighted by atomic mass is 10.1. The van der Waals surface area contributed by atoms with Crippen LogP contribution in [-0.4, -0.2) is 16.1 Å². The molecular weight excluding hydrogens is 274 g/mol. The van der Waals surface area contributed by atoms with E-state index in [0.29, 0.717) is 0 Å². The molecule has 2 heterocycles. The Balaban J connectivity index is 2.02. The summed E-state index contributed by atoms with van der Waals surface area (Å²) in [5, 5.41) is 1.23. The number of carbonyl (C=O) groups excluding carboxylic acids is 1. The van der Waals surface area contributed by atoms with Gasteiger partial charge in [0.25, 0.3) is 0 Å². The highest BCUT2D eigenvalue weighted by Gasteiger charge is 2.19. The summed E-state index contributed by atoms with van der Waals surface area (Å²) in [7, 11) is 0. The molecule has 116 valence electrons. The zero-order valence-electron chi connectivity index (χ0n) is 13.6. The summed E-state index contributed by atoms with van der Waals surface area (Å²) in [6, 6.07) is 10.6. The highest BCUT2D eigenvalue weighted by atomic mass is 16.6. The molecule has 0 atom stereocenters. The third-order valence-corrected chi connectivity index (χ3v) is 3.92. The Bertz CT molecular complexity index is 731. The Kier molecular flexibility index (Phi) is 3.81. The second-order valence-electron chi connectivity index (χ2n) is 6.90. The average molecular weight is 297 g/mol. The number of aryl methyl sites for hydroxylation is 1. The molecule has 0 unspecified atom stereocenters. The number of carbonyl (C=O) groups is 1. The molecule has 3 nitrogen and oxygen atoms in total. The number of para-hydroxylation sites is 1.